The number of pyridine rings is 1. The first-order valence-corrected chi connectivity index (χ1v) is 9.80. The maximum Gasteiger partial charge on any atom is 0.142 e. The number of aromatic nitrogens is 2. The largest absolute Gasteiger partial charge is 0.396 e. The fourth-order valence-electron chi connectivity index (χ4n) is 2.01. The Morgan fingerprint density at radius 2 is 1.96 bits per heavy atom. The van der Waals surface area contributed by atoms with Crippen molar-refractivity contribution in [2.45, 2.75) is 25.2 Å². The molecule has 0 radical (unpaired) electrons. The highest BCUT2D eigenvalue weighted by Gasteiger charge is 2.07. The Morgan fingerprint density at radius 1 is 1.23 bits per heavy atom. The second-order valence-corrected chi connectivity index (χ2v) is 7.18. The number of nitrogens with two attached hydrogens (primary N) is 1. The minimum Gasteiger partial charge on any atom is -0.396 e. The Morgan fingerprint density at radius 3 is 2.46 bits per heavy atom. The normalized spacial score (nSPS) is 10.2. The molecular formula is C19H22N4OS2. The molecule has 0 aliphatic carbocycles. The van der Waals surface area contributed by atoms with E-state index in [0.717, 1.165) is 21.2 Å². The molecular weight excluding hydrogens is 364 g/mol. The summed E-state index contributed by atoms with van der Waals surface area (Å²) < 4.78 is 0. The van der Waals surface area contributed by atoms with E-state index < -0.39 is 0 Å². The first-order valence-electron chi connectivity index (χ1n) is 8.04. The van der Waals surface area contributed by atoms with Crippen molar-refractivity contribution in [1.29, 1.82) is 5.41 Å². The molecule has 0 aliphatic rings. The number of rotatable bonds is 5. The van der Waals surface area contributed by atoms with Gasteiger partial charge in [-0.2, -0.15) is 0 Å². The van der Waals surface area contributed by atoms with E-state index in [1.54, 1.807) is 13.1 Å². The van der Waals surface area contributed by atoms with Gasteiger partial charge in [0.1, 0.15) is 5.01 Å². The lowest BCUT2D eigenvalue weighted by atomic mass is 10.2. The van der Waals surface area contributed by atoms with Gasteiger partial charge in [-0.3, -0.25) is 10.1 Å². The van der Waals surface area contributed by atoms with Crippen LogP contribution in [0, 0.1) is 12.3 Å². The molecule has 5 nitrogen and oxygen atoms in total. The molecule has 0 aliphatic heterocycles. The van der Waals surface area contributed by atoms with Gasteiger partial charge in [0, 0.05) is 23.1 Å². The van der Waals surface area contributed by atoms with Gasteiger partial charge >= 0.3 is 0 Å². The van der Waals surface area contributed by atoms with Crippen LogP contribution in [-0.2, 0) is 6.42 Å². The van der Waals surface area contributed by atoms with Crippen LogP contribution in [0.1, 0.15) is 23.7 Å². The second-order valence-electron chi connectivity index (χ2n) is 5.62. The Bertz CT molecular complexity index is 830. The summed E-state index contributed by atoms with van der Waals surface area (Å²) in [5.74, 6) is 0. The fourth-order valence-corrected chi connectivity index (χ4v) is 3.15. The molecule has 0 atom stereocenters. The van der Waals surface area contributed by atoms with E-state index in [-0.39, 0.29) is 6.61 Å². The average molecular weight is 387 g/mol. The van der Waals surface area contributed by atoms with Crippen molar-refractivity contribution in [1.82, 2.24) is 9.97 Å². The predicted octanol–water partition coefficient (Wildman–Crippen LogP) is 4.09. The zero-order valence-electron chi connectivity index (χ0n) is 14.8. The molecule has 0 saturated carbocycles. The van der Waals surface area contributed by atoms with Gasteiger partial charge in [-0.25, -0.2) is 4.98 Å². The molecule has 2 heterocycles. The van der Waals surface area contributed by atoms with E-state index in [1.807, 2.05) is 29.6 Å². The molecule has 4 N–H and O–H groups in total. The summed E-state index contributed by atoms with van der Waals surface area (Å²) in [7, 11) is 0. The summed E-state index contributed by atoms with van der Waals surface area (Å²) in [6, 6.07) is 12.0. The lowest BCUT2D eigenvalue weighted by Crippen LogP contribution is -1.94. The number of hydrogen-bond acceptors (Lipinski definition) is 7. The van der Waals surface area contributed by atoms with Crippen LogP contribution in [0.15, 0.2) is 52.9 Å². The van der Waals surface area contributed by atoms with Crippen molar-refractivity contribution in [3.8, 4) is 10.7 Å². The van der Waals surface area contributed by atoms with Gasteiger partial charge in [0.2, 0.25) is 0 Å². The molecule has 7 heteroatoms. The smallest absolute Gasteiger partial charge is 0.142 e. The van der Waals surface area contributed by atoms with Gasteiger partial charge in [0.25, 0.3) is 0 Å². The molecule has 136 valence electrons. The fraction of sp³-hybridized carbons (Fsp3) is 0.211. The number of aliphatic hydroxyl groups excluding tert-OH is 1. The summed E-state index contributed by atoms with van der Waals surface area (Å²) >= 11 is 2.76. The topological polar surface area (TPSA) is 95.9 Å². The highest BCUT2D eigenvalue weighted by atomic mass is 32.2. The van der Waals surface area contributed by atoms with Crippen molar-refractivity contribution >= 4 is 29.0 Å². The number of aliphatic hydroxyl groups is 1. The molecule has 26 heavy (non-hydrogen) atoms. The third-order valence-electron chi connectivity index (χ3n) is 3.49. The molecule has 3 rings (SSSR count). The number of thiazole rings is 1. The molecule has 1 aromatic carbocycles. The lowest BCUT2D eigenvalue weighted by molar-refractivity contribution is 0.299. The minimum absolute atomic E-state index is 0.134. The van der Waals surface area contributed by atoms with Crippen molar-refractivity contribution < 1.29 is 5.11 Å². The van der Waals surface area contributed by atoms with Gasteiger partial charge in [0.15, 0.2) is 0 Å². The maximum atomic E-state index is 8.81. The summed E-state index contributed by atoms with van der Waals surface area (Å²) in [5, 5.41) is 24.3. The van der Waals surface area contributed by atoms with Crippen LogP contribution in [0.4, 0.5) is 0 Å². The monoisotopic (exact) mass is 386 g/mol. The molecule has 0 saturated heterocycles. The van der Waals surface area contributed by atoms with E-state index in [0.29, 0.717) is 17.8 Å². The third-order valence-corrected chi connectivity index (χ3v) is 4.90. The SMILES string of the molecule is CC(=N)c1csc(-c2ccc(CCO)cn2)n1.Cc1ccc(SN)cc1. The van der Waals surface area contributed by atoms with Gasteiger partial charge in [-0.15, -0.1) is 11.3 Å². The van der Waals surface area contributed by atoms with Crippen LogP contribution in [-0.4, -0.2) is 27.4 Å². The molecule has 0 fully saturated rings. The summed E-state index contributed by atoms with van der Waals surface area (Å²) in [6.07, 6.45) is 2.37. The number of aryl methyl sites for hydroxylation is 1. The van der Waals surface area contributed by atoms with Gasteiger partial charge < -0.3 is 10.5 Å². The van der Waals surface area contributed by atoms with Gasteiger partial charge in [0.05, 0.1) is 17.1 Å². The summed E-state index contributed by atoms with van der Waals surface area (Å²) in [6.45, 7) is 3.91. The maximum absolute atomic E-state index is 8.81. The Hall–Kier alpha value is -2.06. The van der Waals surface area contributed by atoms with E-state index in [2.05, 4.69) is 29.0 Å². The minimum atomic E-state index is 0.134. The Kier molecular flexibility index (Phi) is 7.93. The van der Waals surface area contributed by atoms with Crippen molar-refractivity contribution in [2.24, 2.45) is 5.14 Å². The number of benzene rings is 1. The Labute approximate surface area is 162 Å². The zero-order valence-corrected chi connectivity index (χ0v) is 16.4. The lowest BCUT2D eigenvalue weighted by Gasteiger charge is -1.99. The first-order chi connectivity index (χ1) is 12.5. The first kappa shape index (κ1) is 20.3. The molecule has 0 bridgehead atoms. The van der Waals surface area contributed by atoms with Crippen LogP contribution < -0.4 is 5.14 Å². The third kappa shape index (κ3) is 6.03. The van der Waals surface area contributed by atoms with Gasteiger partial charge in [-0.05, 0) is 56.0 Å². The van der Waals surface area contributed by atoms with E-state index >= 15 is 0 Å². The average Bonchev–Trinajstić information content (AvgIpc) is 3.14. The van der Waals surface area contributed by atoms with Gasteiger partial charge in [-0.1, -0.05) is 23.8 Å². The molecule has 3 aromatic rings. The summed E-state index contributed by atoms with van der Waals surface area (Å²) in [4.78, 5) is 9.76. The second kappa shape index (κ2) is 10.2. The highest BCUT2D eigenvalue weighted by Crippen LogP contribution is 2.22. The summed E-state index contributed by atoms with van der Waals surface area (Å²) in [5.41, 5.74) is 4.25. The Balaban J connectivity index is 0.000000228. The van der Waals surface area contributed by atoms with Crippen molar-refractivity contribution in [2.75, 3.05) is 6.61 Å². The van der Waals surface area contributed by atoms with E-state index in [9.17, 15) is 0 Å². The van der Waals surface area contributed by atoms with Crippen LogP contribution >= 0.6 is 23.3 Å². The van der Waals surface area contributed by atoms with E-state index in [4.69, 9.17) is 15.7 Å². The number of hydrogen-bond donors (Lipinski definition) is 3. The molecule has 0 spiro atoms. The highest BCUT2D eigenvalue weighted by molar-refractivity contribution is 7.97. The predicted molar refractivity (Wildman–Crippen MR) is 110 cm³/mol. The zero-order chi connectivity index (χ0) is 18.9. The number of nitrogens with one attached hydrogen (secondary N) is 1. The van der Waals surface area contributed by atoms with Crippen LogP contribution in [0.25, 0.3) is 10.7 Å². The quantitative estimate of drug-likeness (QED) is 0.453. The van der Waals surface area contributed by atoms with Crippen molar-refractivity contribution in [3.05, 3.63) is 64.8 Å². The standard InChI is InChI=1S/C12H13N3OS.C7H9NS/c1-8(13)11-7-17-12(15-11)10-3-2-9(4-5-16)6-14-10;1-6-2-4-7(9-8)5-3-6/h2-3,6-7,13,16H,4-5H2,1H3;2-5H,8H2,1H3. The van der Waals surface area contributed by atoms with Crippen molar-refractivity contribution in [3.63, 3.8) is 0 Å². The molecule has 0 unspecified atom stereocenters. The number of nitrogens with zero attached hydrogens (tertiary/aromatic N) is 2. The van der Waals surface area contributed by atoms with Crippen LogP contribution in [0.5, 0.6) is 0 Å². The molecule has 0 amide bonds. The van der Waals surface area contributed by atoms with Crippen LogP contribution in [0.3, 0.4) is 0 Å². The van der Waals surface area contributed by atoms with E-state index in [1.165, 1.54) is 28.8 Å². The van der Waals surface area contributed by atoms with Crippen LogP contribution in [0.2, 0.25) is 0 Å². The molecule has 2 aromatic heterocycles.